The highest BCUT2D eigenvalue weighted by atomic mass is 35.5. The van der Waals surface area contributed by atoms with Crippen LogP contribution in [0.4, 0.5) is 8.78 Å². The molecule has 0 amide bonds. The zero-order chi connectivity index (χ0) is 15.6. The summed E-state index contributed by atoms with van der Waals surface area (Å²) in [5.41, 5.74) is 6.45. The van der Waals surface area contributed by atoms with Crippen LogP contribution in [0, 0.1) is 11.6 Å². The second kappa shape index (κ2) is 6.28. The van der Waals surface area contributed by atoms with Crippen LogP contribution in [-0.2, 0) is 0 Å². The van der Waals surface area contributed by atoms with Gasteiger partial charge in [0.2, 0.25) is 0 Å². The quantitative estimate of drug-likeness (QED) is 0.936. The first kappa shape index (κ1) is 15.5. The highest BCUT2D eigenvalue weighted by molar-refractivity contribution is 6.31. The number of hydrogen-bond donors (Lipinski definition) is 1. The Morgan fingerprint density at radius 2 is 1.62 bits per heavy atom. The molecule has 2 rings (SSSR count). The highest BCUT2D eigenvalue weighted by Gasteiger charge is 2.21. The molecule has 0 fully saturated rings. The topological polar surface area (TPSA) is 44.5 Å². The number of nitrogens with two attached hydrogens (primary N) is 1. The van der Waals surface area contributed by atoms with E-state index in [9.17, 15) is 8.78 Å². The average molecular weight is 314 g/mol. The standard InChI is InChI=1S/C15H14ClF2NO2/c1-20-12-6-9(11(18)7-13(12)21-2)15(19)8-4-3-5-10(17)14(8)16/h3-7,15H,19H2,1-2H3. The Kier molecular flexibility index (Phi) is 4.65. The summed E-state index contributed by atoms with van der Waals surface area (Å²) in [6.45, 7) is 0. The lowest BCUT2D eigenvalue weighted by molar-refractivity contribution is 0.351. The van der Waals surface area contributed by atoms with Crippen molar-refractivity contribution in [2.75, 3.05) is 14.2 Å². The van der Waals surface area contributed by atoms with Gasteiger partial charge in [-0.05, 0) is 17.7 Å². The molecule has 0 radical (unpaired) electrons. The Balaban J connectivity index is 2.53. The fraction of sp³-hybridized carbons (Fsp3) is 0.200. The lowest BCUT2D eigenvalue weighted by Gasteiger charge is -2.17. The van der Waals surface area contributed by atoms with Crippen LogP contribution >= 0.6 is 11.6 Å². The van der Waals surface area contributed by atoms with E-state index in [1.165, 1.54) is 38.5 Å². The summed E-state index contributed by atoms with van der Waals surface area (Å²) in [6, 6.07) is 5.89. The summed E-state index contributed by atoms with van der Waals surface area (Å²) < 4.78 is 37.8. The predicted octanol–water partition coefficient (Wildman–Crippen LogP) is 3.68. The number of halogens is 3. The smallest absolute Gasteiger partial charge is 0.163 e. The van der Waals surface area contributed by atoms with Gasteiger partial charge in [0, 0.05) is 11.6 Å². The summed E-state index contributed by atoms with van der Waals surface area (Å²) in [7, 11) is 2.83. The van der Waals surface area contributed by atoms with Crippen molar-refractivity contribution < 1.29 is 18.3 Å². The molecule has 1 atom stereocenters. The van der Waals surface area contributed by atoms with Crippen molar-refractivity contribution in [3.05, 3.63) is 58.1 Å². The molecule has 0 aliphatic heterocycles. The summed E-state index contributed by atoms with van der Waals surface area (Å²) in [5, 5.41) is -0.126. The van der Waals surface area contributed by atoms with Gasteiger partial charge in [-0.15, -0.1) is 0 Å². The number of methoxy groups -OCH3 is 2. The van der Waals surface area contributed by atoms with Crippen LogP contribution < -0.4 is 15.2 Å². The summed E-state index contributed by atoms with van der Waals surface area (Å²) >= 11 is 5.89. The monoisotopic (exact) mass is 313 g/mol. The molecule has 1 unspecified atom stereocenters. The van der Waals surface area contributed by atoms with Crippen LogP contribution in [0.5, 0.6) is 11.5 Å². The number of benzene rings is 2. The van der Waals surface area contributed by atoms with Gasteiger partial charge in [0.1, 0.15) is 11.6 Å². The molecule has 2 aromatic carbocycles. The molecule has 0 saturated heterocycles. The molecule has 2 aromatic rings. The van der Waals surface area contributed by atoms with E-state index in [4.69, 9.17) is 26.8 Å². The Hall–Kier alpha value is -1.85. The van der Waals surface area contributed by atoms with Crippen LogP contribution in [0.3, 0.4) is 0 Å². The van der Waals surface area contributed by atoms with E-state index in [-0.39, 0.29) is 16.3 Å². The van der Waals surface area contributed by atoms with Crippen molar-refractivity contribution in [1.29, 1.82) is 0 Å². The van der Waals surface area contributed by atoms with Gasteiger partial charge < -0.3 is 15.2 Å². The average Bonchev–Trinajstić information content (AvgIpc) is 2.49. The van der Waals surface area contributed by atoms with Gasteiger partial charge in [-0.1, -0.05) is 23.7 Å². The largest absolute Gasteiger partial charge is 0.493 e. The molecule has 0 spiro atoms. The van der Waals surface area contributed by atoms with Gasteiger partial charge in [0.05, 0.1) is 25.3 Å². The maximum Gasteiger partial charge on any atom is 0.163 e. The zero-order valence-corrected chi connectivity index (χ0v) is 12.2. The van der Waals surface area contributed by atoms with Crippen molar-refractivity contribution in [1.82, 2.24) is 0 Å². The molecule has 112 valence electrons. The fourth-order valence-corrected chi connectivity index (χ4v) is 2.28. The lowest BCUT2D eigenvalue weighted by Crippen LogP contribution is -2.15. The van der Waals surface area contributed by atoms with Gasteiger partial charge in [0.25, 0.3) is 0 Å². The summed E-state index contributed by atoms with van der Waals surface area (Å²) in [4.78, 5) is 0. The number of ether oxygens (including phenoxy) is 2. The molecule has 0 aliphatic carbocycles. The maximum absolute atomic E-state index is 14.2. The van der Waals surface area contributed by atoms with Crippen LogP contribution in [0.2, 0.25) is 5.02 Å². The van der Waals surface area contributed by atoms with Crippen molar-refractivity contribution in [3.63, 3.8) is 0 Å². The first-order valence-electron chi connectivity index (χ1n) is 6.10. The van der Waals surface area contributed by atoms with Crippen LogP contribution in [0.1, 0.15) is 17.2 Å². The number of rotatable bonds is 4. The molecule has 0 heterocycles. The Bertz CT molecular complexity index is 664. The Morgan fingerprint density at radius 1 is 1.00 bits per heavy atom. The SMILES string of the molecule is COc1cc(F)c(C(N)c2cccc(F)c2Cl)cc1OC. The molecule has 0 aromatic heterocycles. The van der Waals surface area contributed by atoms with E-state index < -0.39 is 17.7 Å². The molecule has 0 saturated carbocycles. The third-order valence-electron chi connectivity index (χ3n) is 3.15. The van der Waals surface area contributed by atoms with Gasteiger partial charge in [-0.3, -0.25) is 0 Å². The van der Waals surface area contributed by atoms with E-state index in [0.29, 0.717) is 11.3 Å². The van der Waals surface area contributed by atoms with Crippen LogP contribution in [0.25, 0.3) is 0 Å². The third kappa shape index (κ3) is 2.94. The molecule has 2 N–H and O–H groups in total. The molecule has 0 aliphatic rings. The molecular formula is C15H14ClF2NO2. The minimum absolute atomic E-state index is 0.126. The molecule has 0 bridgehead atoms. The highest BCUT2D eigenvalue weighted by Crippen LogP contribution is 2.35. The van der Waals surface area contributed by atoms with Gasteiger partial charge in [-0.2, -0.15) is 0 Å². The number of hydrogen-bond acceptors (Lipinski definition) is 3. The predicted molar refractivity (Wildman–Crippen MR) is 76.9 cm³/mol. The van der Waals surface area contributed by atoms with Crippen molar-refractivity contribution >= 4 is 11.6 Å². The van der Waals surface area contributed by atoms with Crippen LogP contribution in [-0.4, -0.2) is 14.2 Å². The normalized spacial score (nSPS) is 12.1. The van der Waals surface area contributed by atoms with Gasteiger partial charge >= 0.3 is 0 Å². The van der Waals surface area contributed by atoms with E-state index in [1.54, 1.807) is 6.07 Å². The van der Waals surface area contributed by atoms with Crippen molar-refractivity contribution in [2.24, 2.45) is 5.73 Å². The zero-order valence-electron chi connectivity index (χ0n) is 11.5. The second-order valence-corrected chi connectivity index (χ2v) is 4.73. The first-order chi connectivity index (χ1) is 9.99. The molecule has 21 heavy (non-hydrogen) atoms. The van der Waals surface area contributed by atoms with Gasteiger partial charge in [-0.25, -0.2) is 8.78 Å². The van der Waals surface area contributed by atoms with Crippen LogP contribution in [0.15, 0.2) is 30.3 Å². The Labute approximate surface area is 126 Å². The minimum atomic E-state index is -0.923. The molecule has 3 nitrogen and oxygen atoms in total. The lowest BCUT2D eigenvalue weighted by atomic mass is 9.98. The maximum atomic E-state index is 14.2. The fourth-order valence-electron chi connectivity index (χ4n) is 2.04. The summed E-state index contributed by atoms with van der Waals surface area (Å²) in [6.07, 6.45) is 0. The second-order valence-electron chi connectivity index (χ2n) is 4.35. The van der Waals surface area contributed by atoms with Gasteiger partial charge in [0.15, 0.2) is 11.5 Å². The molecular weight excluding hydrogens is 300 g/mol. The third-order valence-corrected chi connectivity index (χ3v) is 3.55. The first-order valence-corrected chi connectivity index (χ1v) is 6.48. The minimum Gasteiger partial charge on any atom is -0.493 e. The van der Waals surface area contributed by atoms with E-state index >= 15 is 0 Å². The van der Waals surface area contributed by atoms with E-state index in [2.05, 4.69) is 0 Å². The van der Waals surface area contributed by atoms with E-state index in [0.717, 1.165) is 0 Å². The summed E-state index contributed by atoms with van der Waals surface area (Å²) in [5.74, 6) is -0.612. The van der Waals surface area contributed by atoms with E-state index in [1.807, 2.05) is 0 Å². The van der Waals surface area contributed by atoms with Crippen molar-refractivity contribution in [3.8, 4) is 11.5 Å². The van der Waals surface area contributed by atoms with Crippen molar-refractivity contribution in [2.45, 2.75) is 6.04 Å². The Morgan fingerprint density at radius 3 is 2.24 bits per heavy atom. The molecule has 6 heteroatoms.